The standard InChI is InChI=1S/C15H22FNO/c1-10(2)15(4,5)9-17-14(18)12-6-7-13(16)11(3)8-12/h6-8,10H,9H2,1-5H3,(H,17,18). The Kier molecular flexibility index (Phi) is 4.49. The van der Waals surface area contributed by atoms with Gasteiger partial charge in [-0.05, 0) is 42.0 Å². The van der Waals surface area contributed by atoms with E-state index in [0.717, 1.165) is 0 Å². The third kappa shape index (κ3) is 3.56. The highest BCUT2D eigenvalue weighted by Crippen LogP contribution is 2.24. The van der Waals surface area contributed by atoms with E-state index in [1.165, 1.54) is 12.1 Å². The lowest BCUT2D eigenvalue weighted by atomic mass is 9.81. The minimum atomic E-state index is -0.283. The molecule has 18 heavy (non-hydrogen) atoms. The number of carbonyl (C=O) groups excluding carboxylic acids is 1. The first-order valence-electron chi connectivity index (χ1n) is 6.28. The van der Waals surface area contributed by atoms with Crippen LogP contribution in [-0.2, 0) is 0 Å². The van der Waals surface area contributed by atoms with Crippen molar-refractivity contribution in [3.63, 3.8) is 0 Å². The molecule has 0 atom stereocenters. The summed E-state index contributed by atoms with van der Waals surface area (Å²) in [5, 5.41) is 2.91. The molecule has 0 aliphatic carbocycles. The fourth-order valence-electron chi connectivity index (χ4n) is 1.40. The molecule has 0 spiro atoms. The van der Waals surface area contributed by atoms with Crippen LogP contribution in [0.25, 0.3) is 0 Å². The van der Waals surface area contributed by atoms with Crippen LogP contribution < -0.4 is 5.32 Å². The molecule has 1 N–H and O–H groups in total. The Morgan fingerprint density at radius 2 is 2.00 bits per heavy atom. The van der Waals surface area contributed by atoms with Crippen LogP contribution in [-0.4, -0.2) is 12.5 Å². The third-order valence-corrected chi connectivity index (χ3v) is 3.69. The molecule has 0 saturated heterocycles. The third-order valence-electron chi connectivity index (χ3n) is 3.69. The predicted octanol–water partition coefficient (Wildman–Crippen LogP) is 3.55. The molecule has 0 heterocycles. The van der Waals surface area contributed by atoms with Crippen molar-refractivity contribution in [3.8, 4) is 0 Å². The smallest absolute Gasteiger partial charge is 0.251 e. The van der Waals surface area contributed by atoms with Crippen LogP contribution in [0.2, 0.25) is 0 Å². The van der Waals surface area contributed by atoms with Crippen molar-refractivity contribution in [1.82, 2.24) is 5.32 Å². The molecule has 0 saturated carbocycles. The van der Waals surface area contributed by atoms with Gasteiger partial charge in [-0.3, -0.25) is 4.79 Å². The number of hydrogen-bond acceptors (Lipinski definition) is 1. The summed E-state index contributed by atoms with van der Waals surface area (Å²) in [6.07, 6.45) is 0. The maximum atomic E-state index is 13.1. The molecule has 0 radical (unpaired) electrons. The lowest BCUT2D eigenvalue weighted by Crippen LogP contribution is -2.37. The summed E-state index contributed by atoms with van der Waals surface area (Å²) >= 11 is 0. The van der Waals surface area contributed by atoms with Crippen LogP contribution in [0.4, 0.5) is 4.39 Å². The van der Waals surface area contributed by atoms with Gasteiger partial charge in [-0.1, -0.05) is 27.7 Å². The molecule has 0 aliphatic heterocycles. The van der Waals surface area contributed by atoms with Gasteiger partial charge in [0.25, 0.3) is 5.91 Å². The van der Waals surface area contributed by atoms with Crippen LogP contribution in [0.1, 0.15) is 43.6 Å². The summed E-state index contributed by atoms with van der Waals surface area (Å²) in [6, 6.07) is 4.42. The monoisotopic (exact) mass is 251 g/mol. The molecule has 0 aliphatic rings. The molecule has 0 bridgehead atoms. The Labute approximate surface area is 109 Å². The van der Waals surface area contributed by atoms with Crippen molar-refractivity contribution < 1.29 is 9.18 Å². The molecule has 1 aromatic carbocycles. The Morgan fingerprint density at radius 1 is 1.39 bits per heavy atom. The molecular weight excluding hydrogens is 229 g/mol. The van der Waals surface area contributed by atoms with E-state index >= 15 is 0 Å². The van der Waals surface area contributed by atoms with Gasteiger partial charge < -0.3 is 5.32 Å². The Balaban J connectivity index is 2.69. The van der Waals surface area contributed by atoms with Crippen LogP contribution >= 0.6 is 0 Å². The fraction of sp³-hybridized carbons (Fsp3) is 0.533. The molecule has 1 aromatic rings. The molecule has 3 heteroatoms. The summed E-state index contributed by atoms with van der Waals surface area (Å²) in [5.74, 6) is 0.0497. The number of carbonyl (C=O) groups is 1. The minimum absolute atomic E-state index is 0.0464. The molecular formula is C15H22FNO. The normalized spacial score (nSPS) is 11.7. The Bertz CT molecular complexity index is 438. The van der Waals surface area contributed by atoms with Gasteiger partial charge in [0, 0.05) is 12.1 Å². The number of halogens is 1. The van der Waals surface area contributed by atoms with Gasteiger partial charge in [0.15, 0.2) is 0 Å². The first-order chi connectivity index (χ1) is 8.24. The number of hydrogen-bond donors (Lipinski definition) is 1. The van der Waals surface area contributed by atoms with Gasteiger partial charge in [-0.15, -0.1) is 0 Å². The van der Waals surface area contributed by atoms with E-state index in [-0.39, 0.29) is 17.1 Å². The zero-order chi connectivity index (χ0) is 13.9. The van der Waals surface area contributed by atoms with Gasteiger partial charge in [0.1, 0.15) is 5.82 Å². The van der Waals surface area contributed by atoms with Crippen LogP contribution in [0, 0.1) is 24.1 Å². The number of amides is 1. The zero-order valence-corrected chi connectivity index (χ0v) is 11.8. The van der Waals surface area contributed by atoms with Crippen LogP contribution in [0.15, 0.2) is 18.2 Å². The highest BCUT2D eigenvalue weighted by Gasteiger charge is 2.23. The minimum Gasteiger partial charge on any atom is -0.351 e. The molecule has 100 valence electrons. The average molecular weight is 251 g/mol. The Hall–Kier alpha value is -1.38. The van der Waals surface area contributed by atoms with Crippen LogP contribution in [0.3, 0.4) is 0 Å². The van der Waals surface area contributed by atoms with Gasteiger partial charge in [0.2, 0.25) is 0 Å². The fourth-order valence-corrected chi connectivity index (χ4v) is 1.40. The molecule has 1 amide bonds. The second-order valence-electron chi connectivity index (χ2n) is 5.79. The van der Waals surface area contributed by atoms with E-state index in [9.17, 15) is 9.18 Å². The van der Waals surface area contributed by atoms with Crippen molar-refractivity contribution in [2.75, 3.05) is 6.54 Å². The van der Waals surface area contributed by atoms with E-state index in [1.54, 1.807) is 13.0 Å². The lowest BCUT2D eigenvalue weighted by Gasteiger charge is -2.29. The SMILES string of the molecule is Cc1cc(C(=O)NCC(C)(C)C(C)C)ccc1F. The zero-order valence-electron chi connectivity index (χ0n) is 11.8. The van der Waals surface area contributed by atoms with Crippen molar-refractivity contribution in [2.45, 2.75) is 34.6 Å². The first kappa shape index (κ1) is 14.7. The van der Waals surface area contributed by atoms with Crippen molar-refractivity contribution in [3.05, 3.63) is 35.1 Å². The number of rotatable bonds is 4. The Morgan fingerprint density at radius 3 is 2.50 bits per heavy atom. The second kappa shape index (κ2) is 5.51. The maximum absolute atomic E-state index is 13.1. The molecule has 0 unspecified atom stereocenters. The molecule has 0 aromatic heterocycles. The first-order valence-corrected chi connectivity index (χ1v) is 6.28. The summed E-state index contributed by atoms with van der Waals surface area (Å²) < 4.78 is 13.1. The maximum Gasteiger partial charge on any atom is 0.251 e. The summed E-state index contributed by atoms with van der Waals surface area (Å²) in [5.41, 5.74) is 1.05. The lowest BCUT2D eigenvalue weighted by molar-refractivity contribution is 0.0924. The quantitative estimate of drug-likeness (QED) is 0.871. The van der Waals surface area contributed by atoms with Crippen molar-refractivity contribution >= 4 is 5.91 Å². The van der Waals surface area contributed by atoms with E-state index in [2.05, 4.69) is 33.0 Å². The molecule has 2 nitrogen and oxygen atoms in total. The van der Waals surface area contributed by atoms with E-state index < -0.39 is 0 Å². The van der Waals surface area contributed by atoms with Gasteiger partial charge in [-0.2, -0.15) is 0 Å². The molecule has 0 fully saturated rings. The van der Waals surface area contributed by atoms with Gasteiger partial charge >= 0.3 is 0 Å². The predicted molar refractivity (Wildman–Crippen MR) is 72.1 cm³/mol. The average Bonchev–Trinajstić information content (AvgIpc) is 2.29. The largest absolute Gasteiger partial charge is 0.351 e. The summed E-state index contributed by atoms with van der Waals surface area (Å²) in [6.45, 7) is 10.8. The van der Waals surface area contributed by atoms with Gasteiger partial charge in [0.05, 0.1) is 0 Å². The van der Waals surface area contributed by atoms with Crippen LogP contribution in [0.5, 0.6) is 0 Å². The second-order valence-corrected chi connectivity index (χ2v) is 5.79. The molecule has 1 rings (SSSR count). The van der Waals surface area contributed by atoms with Gasteiger partial charge in [-0.25, -0.2) is 4.39 Å². The topological polar surface area (TPSA) is 29.1 Å². The number of benzene rings is 1. The summed E-state index contributed by atoms with van der Waals surface area (Å²) in [4.78, 5) is 11.9. The van der Waals surface area contributed by atoms with E-state index in [4.69, 9.17) is 0 Å². The van der Waals surface area contributed by atoms with E-state index in [1.807, 2.05) is 0 Å². The highest BCUT2D eigenvalue weighted by molar-refractivity contribution is 5.94. The summed E-state index contributed by atoms with van der Waals surface area (Å²) in [7, 11) is 0. The highest BCUT2D eigenvalue weighted by atomic mass is 19.1. The van der Waals surface area contributed by atoms with Crippen molar-refractivity contribution in [2.24, 2.45) is 11.3 Å². The van der Waals surface area contributed by atoms with E-state index in [0.29, 0.717) is 23.6 Å². The number of aryl methyl sites for hydroxylation is 1. The number of nitrogens with one attached hydrogen (secondary N) is 1. The van der Waals surface area contributed by atoms with Crippen molar-refractivity contribution in [1.29, 1.82) is 0 Å².